The van der Waals surface area contributed by atoms with Crippen molar-refractivity contribution in [1.82, 2.24) is 0 Å². The Kier molecular flexibility index (Phi) is 7.05. The molecule has 0 bridgehead atoms. The van der Waals surface area contributed by atoms with Crippen LogP contribution < -0.4 is 0 Å². The van der Waals surface area contributed by atoms with Crippen LogP contribution in [0.3, 0.4) is 0 Å². The van der Waals surface area contributed by atoms with Crippen molar-refractivity contribution in [3.8, 4) is 0 Å². The lowest BCUT2D eigenvalue weighted by molar-refractivity contribution is -0.141. The van der Waals surface area contributed by atoms with E-state index in [0.29, 0.717) is 31.2 Å². The number of esters is 2. The summed E-state index contributed by atoms with van der Waals surface area (Å²) < 4.78 is 25.2. The van der Waals surface area contributed by atoms with Gasteiger partial charge in [-0.1, -0.05) is 38.0 Å². The molecule has 0 spiro atoms. The van der Waals surface area contributed by atoms with Gasteiger partial charge in [0.15, 0.2) is 0 Å². The molecule has 6 heteroatoms. The number of aliphatic hydroxyl groups is 1. The van der Waals surface area contributed by atoms with E-state index >= 15 is 0 Å². The van der Waals surface area contributed by atoms with Gasteiger partial charge in [0.1, 0.15) is 18.4 Å². The molecule has 1 saturated heterocycles. The SMILES string of the molecule is CCCCC(F)C(O)CCC1C(OC(=O)c2ccccc2)CC2OC(=O)CC21. The van der Waals surface area contributed by atoms with Crippen molar-refractivity contribution in [3.05, 3.63) is 35.9 Å². The van der Waals surface area contributed by atoms with E-state index in [0.717, 1.165) is 12.8 Å². The summed E-state index contributed by atoms with van der Waals surface area (Å²) in [6.45, 7) is 1.99. The molecule has 1 aromatic rings. The second-order valence-electron chi connectivity index (χ2n) is 7.91. The number of rotatable bonds is 9. The Hall–Kier alpha value is -1.95. The third-order valence-electron chi connectivity index (χ3n) is 5.97. The van der Waals surface area contributed by atoms with Crippen molar-refractivity contribution in [2.24, 2.45) is 11.8 Å². The molecule has 1 saturated carbocycles. The van der Waals surface area contributed by atoms with Crippen LogP contribution in [0.5, 0.6) is 0 Å². The Balaban J connectivity index is 1.62. The third-order valence-corrected chi connectivity index (χ3v) is 5.97. The number of aliphatic hydroxyl groups excluding tert-OH is 1. The van der Waals surface area contributed by atoms with Gasteiger partial charge >= 0.3 is 11.9 Å². The number of halogens is 1. The van der Waals surface area contributed by atoms with Crippen molar-refractivity contribution in [3.63, 3.8) is 0 Å². The molecule has 0 radical (unpaired) electrons. The molecule has 1 N–H and O–H groups in total. The molecule has 1 aliphatic carbocycles. The molecule has 28 heavy (non-hydrogen) atoms. The van der Waals surface area contributed by atoms with E-state index in [-0.39, 0.29) is 30.3 Å². The lowest BCUT2D eigenvalue weighted by Crippen LogP contribution is -2.29. The first kappa shape index (κ1) is 20.8. The molecule has 154 valence electrons. The van der Waals surface area contributed by atoms with Crippen LogP contribution >= 0.6 is 0 Å². The molecule has 1 aromatic carbocycles. The number of carbonyl (C=O) groups is 2. The summed E-state index contributed by atoms with van der Waals surface area (Å²) in [6.07, 6.45) is 0.582. The number of carbonyl (C=O) groups excluding carboxylic acids is 2. The maximum absolute atomic E-state index is 14.1. The normalized spacial score (nSPS) is 28.5. The zero-order chi connectivity index (χ0) is 20.1. The van der Waals surface area contributed by atoms with Crippen LogP contribution in [0.1, 0.15) is 62.2 Å². The Morgan fingerprint density at radius 3 is 2.79 bits per heavy atom. The highest BCUT2D eigenvalue weighted by Crippen LogP contribution is 2.45. The van der Waals surface area contributed by atoms with Gasteiger partial charge in [0.25, 0.3) is 0 Å². The van der Waals surface area contributed by atoms with Crippen LogP contribution in [0.15, 0.2) is 30.3 Å². The van der Waals surface area contributed by atoms with Crippen LogP contribution in [0, 0.1) is 11.8 Å². The first-order valence-electron chi connectivity index (χ1n) is 10.3. The summed E-state index contributed by atoms with van der Waals surface area (Å²) in [6, 6.07) is 8.75. The Morgan fingerprint density at radius 1 is 1.32 bits per heavy atom. The Bertz CT molecular complexity index is 664. The number of benzene rings is 1. The molecule has 6 unspecified atom stereocenters. The maximum atomic E-state index is 14.1. The molecule has 0 aromatic heterocycles. The topological polar surface area (TPSA) is 72.8 Å². The van der Waals surface area contributed by atoms with Crippen molar-refractivity contribution < 1.29 is 28.6 Å². The van der Waals surface area contributed by atoms with Crippen LogP contribution in [0.25, 0.3) is 0 Å². The monoisotopic (exact) mass is 392 g/mol. The average molecular weight is 392 g/mol. The molecule has 2 aliphatic rings. The van der Waals surface area contributed by atoms with Crippen molar-refractivity contribution in [2.75, 3.05) is 0 Å². The lowest BCUT2D eigenvalue weighted by atomic mass is 9.86. The van der Waals surface area contributed by atoms with E-state index in [2.05, 4.69) is 0 Å². The summed E-state index contributed by atoms with van der Waals surface area (Å²) in [7, 11) is 0. The van der Waals surface area contributed by atoms with Gasteiger partial charge in [-0.05, 0) is 31.4 Å². The van der Waals surface area contributed by atoms with E-state index < -0.39 is 24.3 Å². The minimum atomic E-state index is -1.25. The van der Waals surface area contributed by atoms with Crippen LogP contribution in [0.2, 0.25) is 0 Å². The lowest BCUT2D eigenvalue weighted by Gasteiger charge is -2.25. The van der Waals surface area contributed by atoms with E-state index in [9.17, 15) is 19.1 Å². The Labute approximate surface area is 165 Å². The zero-order valence-electron chi connectivity index (χ0n) is 16.3. The minimum Gasteiger partial charge on any atom is -0.462 e. The molecule has 0 amide bonds. The fourth-order valence-electron chi connectivity index (χ4n) is 4.41. The molecule has 3 rings (SSSR count). The molecule has 1 heterocycles. The van der Waals surface area contributed by atoms with Gasteiger partial charge in [0.2, 0.25) is 0 Å². The molecule has 1 aliphatic heterocycles. The molecule has 5 nitrogen and oxygen atoms in total. The van der Waals surface area contributed by atoms with E-state index in [4.69, 9.17) is 9.47 Å². The highest BCUT2D eigenvalue weighted by Gasteiger charge is 2.51. The van der Waals surface area contributed by atoms with E-state index in [1.807, 2.05) is 13.0 Å². The summed E-state index contributed by atoms with van der Waals surface area (Å²) in [5.41, 5.74) is 0.471. The molecule has 2 fully saturated rings. The van der Waals surface area contributed by atoms with E-state index in [1.54, 1.807) is 24.3 Å². The van der Waals surface area contributed by atoms with Gasteiger partial charge in [-0.25, -0.2) is 9.18 Å². The van der Waals surface area contributed by atoms with E-state index in [1.165, 1.54) is 0 Å². The second kappa shape index (κ2) is 9.50. The summed E-state index contributed by atoms with van der Waals surface area (Å²) in [4.78, 5) is 24.1. The minimum absolute atomic E-state index is 0.0398. The molecular formula is C22H29FO5. The summed E-state index contributed by atoms with van der Waals surface area (Å²) >= 11 is 0. The number of hydrogen-bond acceptors (Lipinski definition) is 5. The standard InChI is InChI=1S/C22H29FO5/c1-2-3-9-17(23)18(24)11-10-15-16-12-21(25)27-20(16)13-19(15)28-22(26)14-7-5-4-6-8-14/h4-8,15-20,24H,2-3,9-13H2,1H3. The van der Waals surface area contributed by atoms with Crippen LogP contribution in [-0.2, 0) is 14.3 Å². The first-order valence-corrected chi connectivity index (χ1v) is 10.3. The number of alkyl halides is 1. The highest BCUT2D eigenvalue weighted by atomic mass is 19.1. The quantitative estimate of drug-likeness (QED) is 0.647. The fourth-order valence-corrected chi connectivity index (χ4v) is 4.41. The van der Waals surface area contributed by atoms with Crippen molar-refractivity contribution in [1.29, 1.82) is 0 Å². The first-order chi connectivity index (χ1) is 13.5. The van der Waals surface area contributed by atoms with Crippen molar-refractivity contribution >= 4 is 11.9 Å². The van der Waals surface area contributed by atoms with Crippen LogP contribution in [-0.4, -0.2) is 41.5 Å². The van der Waals surface area contributed by atoms with Gasteiger partial charge in [-0.2, -0.15) is 0 Å². The summed E-state index contributed by atoms with van der Waals surface area (Å²) in [5.74, 6) is -0.799. The second-order valence-corrected chi connectivity index (χ2v) is 7.91. The Morgan fingerprint density at radius 2 is 2.07 bits per heavy atom. The van der Waals surface area contributed by atoms with Gasteiger partial charge in [-0.15, -0.1) is 0 Å². The smallest absolute Gasteiger partial charge is 0.338 e. The zero-order valence-corrected chi connectivity index (χ0v) is 16.3. The number of fused-ring (bicyclic) bond motifs is 1. The number of hydrogen-bond donors (Lipinski definition) is 1. The van der Waals surface area contributed by atoms with Gasteiger partial charge in [0, 0.05) is 18.3 Å². The highest BCUT2D eigenvalue weighted by molar-refractivity contribution is 5.89. The molecular weight excluding hydrogens is 363 g/mol. The largest absolute Gasteiger partial charge is 0.462 e. The number of ether oxygens (including phenoxy) is 2. The van der Waals surface area contributed by atoms with Crippen LogP contribution in [0.4, 0.5) is 4.39 Å². The predicted molar refractivity (Wildman–Crippen MR) is 101 cm³/mol. The van der Waals surface area contributed by atoms with Gasteiger partial charge in [0.05, 0.1) is 18.1 Å². The summed E-state index contributed by atoms with van der Waals surface area (Å²) in [5, 5.41) is 10.2. The van der Waals surface area contributed by atoms with Gasteiger partial charge < -0.3 is 14.6 Å². The van der Waals surface area contributed by atoms with Gasteiger partial charge in [-0.3, -0.25) is 4.79 Å². The fraction of sp³-hybridized carbons (Fsp3) is 0.636. The maximum Gasteiger partial charge on any atom is 0.338 e. The van der Waals surface area contributed by atoms with Crippen molar-refractivity contribution in [2.45, 2.75) is 76.4 Å². The third kappa shape index (κ3) is 4.90. The molecule has 6 atom stereocenters. The predicted octanol–water partition coefficient (Wildman–Crippen LogP) is 3.83. The average Bonchev–Trinajstić information content (AvgIpc) is 3.20. The number of unbranched alkanes of at least 4 members (excludes halogenated alkanes) is 1.